The average Bonchev–Trinajstić information content (AvgIpc) is 2.56. The number of carboxylic acid groups (broad SMARTS) is 2. The first-order valence-corrected chi connectivity index (χ1v) is 5.58. The SMILES string of the molecule is CC1=CN=NC1(C)OC(=O)CC(O)(CC(=O)O)C(=O)O. The van der Waals surface area contributed by atoms with Crippen molar-refractivity contribution in [2.24, 2.45) is 10.2 Å². The van der Waals surface area contributed by atoms with Crippen LogP contribution in [0.1, 0.15) is 26.7 Å². The first-order valence-electron chi connectivity index (χ1n) is 5.58. The van der Waals surface area contributed by atoms with Crippen molar-refractivity contribution < 1.29 is 34.4 Å². The second-order valence-corrected chi connectivity index (χ2v) is 4.57. The van der Waals surface area contributed by atoms with E-state index in [2.05, 4.69) is 10.2 Å². The molecule has 0 aromatic heterocycles. The van der Waals surface area contributed by atoms with E-state index >= 15 is 0 Å². The number of aliphatic hydroxyl groups is 1. The Balaban J connectivity index is 2.78. The zero-order chi connectivity index (χ0) is 15.6. The molecule has 9 heteroatoms. The number of nitrogens with zero attached hydrogens (tertiary/aromatic N) is 2. The Hall–Kier alpha value is -2.29. The number of azo groups is 1. The molecule has 2 unspecified atom stereocenters. The van der Waals surface area contributed by atoms with E-state index in [4.69, 9.17) is 14.9 Å². The highest BCUT2D eigenvalue weighted by atomic mass is 16.6. The van der Waals surface area contributed by atoms with Crippen LogP contribution in [0.5, 0.6) is 0 Å². The maximum atomic E-state index is 11.7. The molecule has 20 heavy (non-hydrogen) atoms. The second kappa shape index (κ2) is 5.37. The van der Waals surface area contributed by atoms with E-state index in [1.807, 2.05) is 0 Å². The summed E-state index contributed by atoms with van der Waals surface area (Å²) in [6.45, 7) is 3.04. The molecule has 0 saturated heterocycles. The maximum Gasteiger partial charge on any atom is 0.336 e. The molecule has 9 nitrogen and oxygen atoms in total. The minimum absolute atomic E-state index is 0.517. The summed E-state index contributed by atoms with van der Waals surface area (Å²) in [5.41, 5.74) is -3.57. The summed E-state index contributed by atoms with van der Waals surface area (Å²) >= 11 is 0. The van der Waals surface area contributed by atoms with E-state index in [0.717, 1.165) is 0 Å². The van der Waals surface area contributed by atoms with Gasteiger partial charge in [0.2, 0.25) is 5.72 Å². The molecule has 1 heterocycles. The number of hydrogen-bond donors (Lipinski definition) is 3. The van der Waals surface area contributed by atoms with E-state index in [0.29, 0.717) is 5.57 Å². The molecule has 1 aliphatic heterocycles. The van der Waals surface area contributed by atoms with E-state index in [1.54, 1.807) is 6.92 Å². The molecule has 0 aromatic carbocycles. The van der Waals surface area contributed by atoms with Crippen LogP contribution in [-0.2, 0) is 19.1 Å². The summed E-state index contributed by atoms with van der Waals surface area (Å²) in [7, 11) is 0. The minimum Gasteiger partial charge on any atom is -0.481 e. The summed E-state index contributed by atoms with van der Waals surface area (Å²) in [6, 6.07) is 0. The fourth-order valence-electron chi connectivity index (χ4n) is 1.49. The van der Waals surface area contributed by atoms with Gasteiger partial charge in [0.1, 0.15) is 0 Å². The Morgan fingerprint density at radius 2 is 1.95 bits per heavy atom. The van der Waals surface area contributed by atoms with Gasteiger partial charge >= 0.3 is 17.9 Å². The molecule has 110 valence electrons. The first-order chi connectivity index (χ1) is 9.09. The van der Waals surface area contributed by atoms with Gasteiger partial charge in [-0.25, -0.2) is 4.79 Å². The van der Waals surface area contributed by atoms with E-state index < -0.39 is 42.1 Å². The fourth-order valence-corrected chi connectivity index (χ4v) is 1.49. The summed E-state index contributed by atoms with van der Waals surface area (Å²) in [5, 5.41) is 34.3. The van der Waals surface area contributed by atoms with Crippen molar-refractivity contribution in [1.29, 1.82) is 0 Å². The summed E-state index contributed by atoms with van der Waals surface area (Å²) in [4.78, 5) is 33.1. The normalized spacial score (nSPS) is 23.9. The van der Waals surface area contributed by atoms with Gasteiger partial charge in [-0.2, -0.15) is 5.11 Å². The van der Waals surface area contributed by atoms with Gasteiger partial charge in [-0.3, -0.25) is 9.59 Å². The van der Waals surface area contributed by atoms with Gasteiger partial charge < -0.3 is 20.1 Å². The van der Waals surface area contributed by atoms with Gasteiger partial charge in [-0.15, -0.1) is 5.11 Å². The number of hydrogen-bond acceptors (Lipinski definition) is 7. The Labute approximate surface area is 113 Å². The number of esters is 1. The lowest BCUT2D eigenvalue weighted by atomic mass is 9.95. The quantitative estimate of drug-likeness (QED) is 0.595. The first kappa shape index (κ1) is 15.8. The molecule has 3 N–H and O–H groups in total. The molecule has 0 fully saturated rings. The predicted octanol–water partition coefficient (Wildman–Crippen LogP) is 0.296. The second-order valence-electron chi connectivity index (χ2n) is 4.57. The highest BCUT2D eigenvalue weighted by molar-refractivity contribution is 5.88. The Morgan fingerprint density at radius 1 is 1.35 bits per heavy atom. The van der Waals surface area contributed by atoms with Crippen LogP contribution in [0.25, 0.3) is 0 Å². The molecule has 1 aliphatic rings. The van der Waals surface area contributed by atoms with Crippen LogP contribution in [0.15, 0.2) is 22.0 Å². The topological polar surface area (TPSA) is 146 Å². The monoisotopic (exact) mass is 286 g/mol. The van der Waals surface area contributed by atoms with Crippen LogP contribution in [0, 0.1) is 0 Å². The third-order valence-corrected chi connectivity index (χ3v) is 2.82. The Morgan fingerprint density at radius 3 is 2.35 bits per heavy atom. The molecule has 0 spiro atoms. The third-order valence-electron chi connectivity index (χ3n) is 2.82. The lowest BCUT2D eigenvalue weighted by Gasteiger charge is -2.25. The van der Waals surface area contributed by atoms with Gasteiger partial charge in [0, 0.05) is 12.5 Å². The molecule has 0 bridgehead atoms. The minimum atomic E-state index is -2.73. The summed E-state index contributed by atoms with van der Waals surface area (Å²) in [5.74, 6) is -4.46. The molecule has 0 aromatic rings. The van der Waals surface area contributed by atoms with Gasteiger partial charge in [-0.1, -0.05) is 0 Å². The molecule has 0 aliphatic carbocycles. The molecule has 2 atom stereocenters. The molecular formula is C11H14N2O7. The van der Waals surface area contributed by atoms with Gasteiger partial charge in [-0.05, 0) is 6.92 Å². The lowest BCUT2D eigenvalue weighted by molar-refractivity contribution is -0.175. The number of carboxylic acids is 2. The van der Waals surface area contributed by atoms with Gasteiger partial charge in [0.15, 0.2) is 5.60 Å². The summed E-state index contributed by atoms with van der Waals surface area (Å²) in [6.07, 6.45) is -0.759. The maximum absolute atomic E-state index is 11.7. The van der Waals surface area contributed by atoms with Crippen molar-refractivity contribution in [2.45, 2.75) is 38.0 Å². The summed E-state index contributed by atoms with van der Waals surface area (Å²) < 4.78 is 4.95. The van der Waals surface area contributed by atoms with Crippen molar-refractivity contribution in [3.8, 4) is 0 Å². The number of carbonyl (C=O) groups excluding carboxylic acids is 1. The van der Waals surface area contributed by atoms with Crippen molar-refractivity contribution in [2.75, 3.05) is 0 Å². The zero-order valence-corrected chi connectivity index (χ0v) is 10.9. The van der Waals surface area contributed by atoms with Crippen molar-refractivity contribution in [3.63, 3.8) is 0 Å². The van der Waals surface area contributed by atoms with E-state index in [-0.39, 0.29) is 0 Å². The Kier molecular flexibility index (Phi) is 4.23. The third kappa shape index (κ3) is 3.38. The Bertz CT molecular complexity index is 513. The van der Waals surface area contributed by atoms with Crippen LogP contribution in [0.3, 0.4) is 0 Å². The average molecular weight is 286 g/mol. The number of ether oxygens (including phenoxy) is 1. The standard InChI is InChI=1S/C11H14N2O7/c1-6-5-12-13-10(6,2)20-8(16)4-11(19,9(17)18)3-7(14)15/h5,19H,3-4H2,1-2H3,(H,14,15)(H,17,18). The largest absolute Gasteiger partial charge is 0.481 e. The molecule has 0 saturated carbocycles. The van der Waals surface area contributed by atoms with Crippen LogP contribution in [0.4, 0.5) is 0 Å². The van der Waals surface area contributed by atoms with Crippen molar-refractivity contribution in [1.82, 2.24) is 0 Å². The number of rotatable bonds is 6. The predicted molar refractivity (Wildman–Crippen MR) is 62.6 cm³/mol. The molecule has 0 radical (unpaired) electrons. The van der Waals surface area contributed by atoms with E-state index in [9.17, 15) is 19.5 Å². The van der Waals surface area contributed by atoms with Crippen LogP contribution in [0.2, 0.25) is 0 Å². The van der Waals surface area contributed by atoms with Crippen LogP contribution < -0.4 is 0 Å². The van der Waals surface area contributed by atoms with E-state index in [1.165, 1.54) is 13.1 Å². The van der Waals surface area contributed by atoms with Gasteiger partial charge in [0.25, 0.3) is 0 Å². The fraction of sp³-hybridized carbons (Fsp3) is 0.545. The number of aliphatic carboxylic acids is 2. The van der Waals surface area contributed by atoms with Crippen LogP contribution in [-0.4, -0.2) is 44.6 Å². The lowest BCUT2D eigenvalue weighted by Crippen LogP contribution is -2.44. The zero-order valence-electron chi connectivity index (χ0n) is 10.9. The molecular weight excluding hydrogens is 272 g/mol. The van der Waals surface area contributed by atoms with Crippen molar-refractivity contribution >= 4 is 17.9 Å². The van der Waals surface area contributed by atoms with Crippen LogP contribution >= 0.6 is 0 Å². The highest BCUT2D eigenvalue weighted by Gasteiger charge is 2.43. The highest BCUT2D eigenvalue weighted by Crippen LogP contribution is 2.29. The smallest absolute Gasteiger partial charge is 0.336 e. The molecule has 0 amide bonds. The number of carbonyl (C=O) groups is 3. The van der Waals surface area contributed by atoms with Crippen molar-refractivity contribution in [3.05, 3.63) is 11.8 Å². The van der Waals surface area contributed by atoms with Gasteiger partial charge in [0.05, 0.1) is 19.0 Å². The molecule has 1 rings (SSSR count).